The highest BCUT2D eigenvalue weighted by molar-refractivity contribution is 5.79. The van der Waals surface area contributed by atoms with E-state index < -0.39 is 11.5 Å². The molecule has 116 valence electrons. The number of likely N-dealkylation sites (N-methyl/N-ethyl adjacent to an activating group) is 1. The minimum atomic E-state index is -0.726. The minimum Gasteiger partial charge on any atom is -0.480 e. The average molecular weight is 290 g/mol. The van der Waals surface area contributed by atoms with Gasteiger partial charge in [-0.15, -0.1) is 0 Å². The Labute approximate surface area is 127 Å². The number of carboxylic acid groups (broad SMARTS) is 1. The van der Waals surface area contributed by atoms with E-state index >= 15 is 0 Å². The molecule has 0 aromatic heterocycles. The molecular weight excluding hydrogens is 264 g/mol. The van der Waals surface area contributed by atoms with Crippen LogP contribution in [-0.4, -0.2) is 36.8 Å². The largest absolute Gasteiger partial charge is 0.480 e. The lowest BCUT2D eigenvalue weighted by atomic mass is 9.84. The zero-order chi connectivity index (χ0) is 15.3. The number of aliphatic carboxylic acids is 1. The average Bonchev–Trinajstić information content (AvgIpc) is 2.93. The highest BCUT2D eigenvalue weighted by Gasteiger charge is 2.47. The van der Waals surface area contributed by atoms with Crippen LogP contribution >= 0.6 is 0 Å². The van der Waals surface area contributed by atoms with E-state index in [0.29, 0.717) is 0 Å². The van der Waals surface area contributed by atoms with Crippen molar-refractivity contribution in [3.63, 3.8) is 0 Å². The van der Waals surface area contributed by atoms with Crippen LogP contribution in [0.2, 0.25) is 0 Å². The Hall–Kier alpha value is -1.55. The summed E-state index contributed by atoms with van der Waals surface area (Å²) in [7, 11) is 1.78. The molecule has 0 radical (unpaired) electrons. The zero-order valence-electron chi connectivity index (χ0n) is 13.0. The minimum absolute atomic E-state index is 0.206. The van der Waals surface area contributed by atoms with E-state index in [1.54, 1.807) is 7.05 Å². The molecule has 1 aliphatic rings. The van der Waals surface area contributed by atoms with Gasteiger partial charge in [0.25, 0.3) is 0 Å². The summed E-state index contributed by atoms with van der Waals surface area (Å²) >= 11 is 0. The van der Waals surface area contributed by atoms with Crippen LogP contribution in [0.25, 0.3) is 0 Å². The maximum Gasteiger partial charge on any atom is 0.324 e. The van der Waals surface area contributed by atoms with E-state index in [4.69, 9.17) is 0 Å². The van der Waals surface area contributed by atoms with E-state index in [-0.39, 0.29) is 5.92 Å². The lowest BCUT2D eigenvalue weighted by Gasteiger charge is -2.33. The summed E-state index contributed by atoms with van der Waals surface area (Å²) in [5.74, 6) is -0.493. The first-order valence-corrected chi connectivity index (χ1v) is 7.86. The van der Waals surface area contributed by atoms with Gasteiger partial charge in [-0.3, -0.25) is 4.79 Å². The van der Waals surface area contributed by atoms with Gasteiger partial charge in [0.05, 0.1) is 0 Å². The Bertz CT molecular complexity index is 463. The number of anilines is 1. The standard InChI is InChI=1S/C17H26N2O2/c1-3-19(15-9-5-4-6-10-15)13-11-14-8-7-12-17(14,18-2)16(20)21/h4-6,9-10,14,18H,3,7-8,11-13H2,1-2H3,(H,20,21). The second kappa shape index (κ2) is 6.94. The molecule has 2 unspecified atom stereocenters. The van der Waals surface area contributed by atoms with E-state index in [2.05, 4.69) is 29.3 Å². The van der Waals surface area contributed by atoms with Crippen LogP contribution < -0.4 is 10.2 Å². The monoisotopic (exact) mass is 290 g/mol. The van der Waals surface area contributed by atoms with Crippen molar-refractivity contribution in [3.05, 3.63) is 30.3 Å². The Morgan fingerprint density at radius 2 is 2.14 bits per heavy atom. The van der Waals surface area contributed by atoms with Gasteiger partial charge in [-0.1, -0.05) is 24.6 Å². The highest BCUT2D eigenvalue weighted by Crippen LogP contribution is 2.38. The molecule has 2 N–H and O–H groups in total. The van der Waals surface area contributed by atoms with Gasteiger partial charge < -0.3 is 15.3 Å². The summed E-state index contributed by atoms with van der Waals surface area (Å²) in [6, 6.07) is 10.3. The van der Waals surface area contributed by atoms with Crippen molar-refractivity contribution >= 4 is 11.7 Å². The maximum absolute atomic E-state index is 11.7. The molecule has 1 aromatic rings. The number of nitrogens with zero attached hydrogens (tertiary/aromatic N) is 1. The molecule has 0 saturated heterocycles. The predicted octanol–water partition coefficient (Wildman–Crippen LogP) is 2.75. The zero-order valence-corrected chi connectivity index (χ0v) is 13.0. The molecule has 2 atom stereocenters. The van der Waals surface area contributed by atoms with Crippen LogP contribution in [0.5, 0.6) is 0 Å². The molecular formula is C17H26N2O2. The molecule has 4 nitrogen and oxygen atoms in total. The fraction of sp³-hybridized carbons (Fsp3) is 0.588. The van der Waals surface area contributed by atoms with Gasteiger partial charge in [0.2, 0.25) is 0 Å². The number of nitrogens with one attached hydrogen (secondary N) is 1. The van der Waals surface area contributed by atoms with Crippen LogP contribution in [0.15, 0.2) is 30.3 Å². The third kappa shape index (κ3) is 3.21. The van der Waals surface area contributed by atoms with Crippen molar-refractivity contribution in [2.75, 3.05) is 25.0 Å². The fourth-order valence-electron chi connectivity index (χ4n) is 3.61. The van der Waals surface area contributed by atoms with Gasteiger partial charge in [0.15, 0.2) is 0 Å². The van der Waals surface area contributed by atoms with E-state index in [1.807, 2.05) is 18.2 Å². The number of benzene rings is 1. The first-order valence-electron chi connectivity index (χ1n) is 7.86. The molecule has 2 rings (SSSR count). The quantitative estimate of drug-likeness (QED) is 0.811. The number of rotatable bonds is 7. The molecule has 0 spiro atoms. The number of hydrogen-bond donors (Lipinski definition) is 2. The van der Waals surface area contributed by atoms with E-state index in [0.717, 1.165) is 38.8 Å². The van der Waals surface area contributed by atoms with Crippen LogP contribution in [0.3, 0.4) is 0 Å². The maximum atomic E-state index is 11.7. The second-order valence-corrected chi connectivity index (χ2v) is 5.82. The summed E-state index contributed by atoms with van der Waals surface area (Å²) < 4.78 is 0. The van der Waals surface area contributed by atoms with Gasteiger partial charge in [-0.2, -0.15) is 0 Å². The summed E-state index contributed by atoms with van der Waals surface area (Å²) in [5, 5.41) is 12.7. The molecule has 4 heteroatoms. The summed E-state index contributed by atoms with van der Waals surface area (Å²) in [5.41, 5.74) is 0.485. The van der Waals surface area contributed by atoms with Crippen LogP contribution in [-0.2, 0) is 4.79 Å². The van der Waals surface area contributed by atoms with Gasteiger partial charge in [-0.25, -0.2) is 0 Å². The molecule has 0 aliphatic heterocycles. The van der Waals surface area contributed by atoms with Crippen molar-refractivity contribution < 1.29 is 9.90 Å². The Morgan fingerprint density at radius 3 is 2.71 bits per heavy atom. The highest BCUT2D eigenvalue weighted by atomic mass is 16.4. The SMILES string of the molecule is CCN(CCC1CCCC1(NC)C(=O)O)c1ccccc1. The van der Waals surface area contributed by atoms with Gasteiger partial charge in [0, 0.05) is 18.8 Å². The van der Waals surface area contributed by atoms with Crippen LogP contribution in [0.4, 0.5) is 5.69 Å². The molecule has 1 saturated carbocycles. The van der Waals surface area contributed by atoms with Crippen molar-refractivity contribution in [1.29, 1.82) is 0 Å². The molecule has 0 bridgehead atoms. The Balaban J connectivity index is 2.02. The molecule has 1 aromatic carbocycles. The Morgan fingerprint density at radius 1 is 1.43 bits per heavy atom. The molecule has 1 aliphatic carbocycles. The summed E-state index contributed by atoms with van der Waals surface area (Å²) in [4.78, 5) is 14.0. The van der Waals surface area contributed by atoms with Crippen molar-refractivity contribution in [1.82, 2.24) is 5.32 Å². The lowest BCUT2D eigenvalue weighted by Crippen LogP contribution is -2.53. The lowest BCUT2D eigenvalue weighted by molar-refractivity contribution is -0.146. The Kier molecular flexibility index (Phi) is 5.23. The molecule has 0 amide bonds. The van der Waals surface area contributed by atoms with Crippen molar-refractivity contribution in [2.24, 2.45) is 5.92 Å². The fourth-order valence-corrected chi connectivity index (χ4v) is 3.61. The number of para-hydroxylation sites is 1. The topological polar surface area (TPSA) is 52.6 Å². The van der Waals surface area contributed by atoms with E-state index in [9.17, 15) is 9.90 Å². The van der Waals surface area contributed by atoms with Gasteiger partial charge >= 0.3 is 5.97 Å². The van der Waals surface area contributed by atoms with Crippen molar-refractivity contribution in [2.45, 2.75) is 38.1 Å². The number of carbonyl (C=O) groups is 1. The van der Waals surface area contributed by atoms with E-state index in [1.165, 1.54) is 5.69 Å². The molecule has 0 heterocycles. The number of carboxylic acids is 1. The van der Waals surface area contributed by atoms with Crippen LogP contribution in [0.1, 0.15) is 32.6 Å². The van der Waals surface area contributed by atoms with Crippen molar-refractivity contribution in [3.8, 4) is 0 Å². The second-order valence-electron chi connectivity index (χ2n) is 5.82. The van der Waals surface area contributed by atoms with Gasteiger partial charge in [-0.05, 0) is 51.3 Å². The third-order valence-electron chi connectivity index (χ3n) is 4.90. The third-order valence-corrected chi connectivity index (χ3v) is 4.90. The van der Waals surface area contributed by atoms with Crippen LogP contribution in [0, 0.1) is 5.92 Å². The normalized spacial score (nSPS) is 25.0. The first-order chi connectivity index (χ1) is 10.1. The predicted molar refractivity (Wildman–Crippen MR) is 85.7 cm³/mol. The first kappa shape index (κ1) is 15.8. The van der Waals surface area contributed by atoms with Gasteiger partial charge in [0.1, 0.15) is 5.54 Å². The summed E-state index contributed by atoms with van der Waals surface area (Å²) in [6.45, 7) is 3.99. The molecule has 21 heavy (non-hydrogen) atoms. The smallest absolute Gasteiger partial charge is 0.324 e. The molecule has 1 fully saturated rings. The number of hydrogen-bond acceptors (Lipinski definition) is 3. The summed E-state index contributed by atoms with van der Waals surface area (Å²) in [6.07, 6.45) is 3.64.